The number of benzene rings is 2. The van der Waals surface area contributed by atoms with Crippen LogP contribution in [0.15, 0.2) is 40.9 Å². The SMILES string of the molecule is Cc1cc(F)cc(NC(=O)c2cc(Br)ccc2Cl)c1. The molecule has 0 aromatic heterocycles. The van der Waals surface area contributed by atoms with Crippen LogP contribution in [-0.4, -0.2) is 5.91 Å². The van der Waals surface area contributed by atoms with Gasteiger partial charge in [-0.1, -0.05) is 27.5 Å². The van der Waals surface area contributed by atoms with Gasteiger partial charge in [-0.25, -0.2) is 4.39 Å². The van der Waals surface area contributed by atoms with E-state index in [1.54, 1.807) is 31.2 Å². The van der Waals surface area contributed by atoms with Crippen LogP contribution in [0, 0.1) is 12.7 Å². The summed E-state index contributed by atoms with van der Waals surface area (Å²) in [5.41, 5.74) is 1.46. The molecular formula is C14H10BrClFNO. The third-order valence-electron chi connectivity index (χ3n) is 2.47. The van der Waals surface area contributed by atoms with Gasteiger partial charge >= 0.3 is 0 Å². The summed E-state index contributed by atoms with van der Waals surface area (Å²) in [4.78, 5) is 12.1. The summed E-state index contributed by atoms with van der Waals surface area (Å²) >= 11 is 9.24. The van der Waals surface area contributed by atoms with Crippen LogP contribution in [-0.2, 0) is 0 Å². The van der Waals surface area contributed by atoms with Gasteiger partial charge in [0.25, 0.3) is 5.91 Å². The lowest BCUT2D eigenvalue weighted by molar-refractivity contribution is 0.102. The quantitative estimate of drug-likeness (QED) is 0.834. The van der Waals surface area contributed by atoms with Crippen molar-refractivity contribution in [2.75, 3.05) is 5.32 Å². The van der Waals surface area contributed by atoms with Crippen LogP contribution < -0.4 is 5.32 Å². The minimum atomic E-state index is -0.393. The van der Waals surface area contributed by atoms with Gasteiger partial charge in [0.15, 0.2) is 0 Å². The van der Waals surface area contributed by atoms with E-state index in [1.165, 1.54) is 12.1 Å². The molecule has 0 aliphatic heterocycles. The molecule has 0 aliphatic carbocycles. The van der Waals surface area contributed by atoms with Gasteiger partial charge in [0.2, 0.25) is 0 Å². The molecule has 2 nitrogen and oxygen atoms in total. The fourth-order valence-electron chi connectivity index (χ4n) is 1.68. The largest absolute Gasteiger partial charge is 0.322 e. The maximum absolute atomic E-state index is 13.2. The van der Waals surface area contributed by atoms with Gasteiger partial charge < -0.3 is 5.32 Å². The highest BCUT2D eigenvalue weighted by Crippen LogP contribution is 2.22. The molecule has 98 valence electrons. The second-order valence-corrected chi connectivity index (χ2v) is 5.42. The van der Waals surface area contributed by atoms with Crippen LogP contribution in [0.3, 0.4) is 0 Å². The second kappa shape index (κ2) is 5.72. The molecule has 0 saturated carbocycles. The number of nitrogens with one attached hydrogen (secondary N) is 1. The van der Waals surface area contributed by atoms with Crippen molar-refractivity contribution in [1.82, 2.24) is 0 Å². The Morgan fingerprint density at radius 3 is 2.68 bits per heavy atom. The molecule has 0 heterocycles. The topological polar surface area (TPSA) is 29.1 Å². The summed E-state index contributed by atoms with van der Waals surface area (Å²) < 4.78 is 14.0. The van der Waals surface area contributed by atoms with E-state index in [4.69, 9.17) is 11.6 Å². The van der Waals surface area contributed by atoms with Crippen molar-refractivity contribution in [2.45, 2.75) is 6.92 Å². The first kappa shape index (κ1) is 14.0. The number of aryl methyl sites for hydroxylation is 1. The predicted octanol–water partition coefficient (Wildman–Crippen LogP) is 4.80. The van der Waals surface area contributed by atoms with E-state index in [9.17, 15) is 9.18 Å². The van der Waals surface area contributed by atoms with Crippen LogP contribution in [0.4, 0.5) is 10.1 Å². The van der Waals surface area contributed by atoms with E-state index in [0.717, 1.165) is 10.0 Å². The smallest absolute Gasteiger partial charge is 0.257 e. The molecule has 0 bridgehead atoms. The summed E-state index contributed by atoms with van der Waals surface area (Å²) in [6.45, 7) is 1.75. The number of hydrogen-bond acceptors (Lipinski definition) is 1. The predicted molar refractivity (Wildman–Crippen MR) is 78.2 cm³/mol. The Bertz CT molecular complexity index is 625. The average Bonchev–Trinajstić information content (AvgIpc) is 2.30. The Kier molecular flexibility index (Phi) is 4.22. The van der Waals surface area contributed by atoms with Crippen LogP contribution >= 0.6 is 27.5 Å². The van der Waals surface area contributed by atoms with Gasteiger partial charge in [-0.3, -0.25) is 4.79 Å². The highest BCUT2D eigenvalue weighted by Gasteiger charge is 2.11. The molecule has 2 rings (SSSR count). The molecular weight excluding hydrogens is 333 g/mol. The molecule has 0 saturated heterocycles. The molecule has 2 aromatic carbocycles. The molecule has 0 fully saturated rings. The minimum Gasteiger partial charge on any atom is -0.322 e. The Morgan fingerprint density at radius 1 is 1.26 bits per heavy atom. The van der Waals surface area contributed by atoms with E-state index in [-0.39, 0.29) is 5.91 Å². The van der Waals surface area contributed by atoms with Gasteiger partial charge in [-0.2, -0.15) is 0 Å². The van der Waals surface area contributed by atoms with E-state index in [2.05, 4.69) is 21.2 Å². The summed E-state index contributed by atoms with van der Waals surface area (Å²) in [6, 6.07) is 9.32. The van der Waals surface area contributed by atoms with Crippen molar-refractivity contribution in [3.8, 4) is 0 Å². The highest BCUT2D eigenvalue weighted by molar-refractivity contribution is 9.10. The first-order valence-corrected chi connectivity index (χ1v) is 6.66. The lowest BCUT2D eigenvalue weighted by atomic mass is 10.2. The molecule has 2 aromatic rings. The lowest BCUT2D eigenvalue weighted by Crippen LogP contribution is -2.12. The van der Waals surface area contributed by atoms with Gasteiger partial charge in [-0.05, 0) is 48.9 Å². The van der Waals surface area contributed by atoms with Crippen molar-refractivity contribution < 1.29 is 9.18 Å². The normalized spacial score (nSPS) is 10.3. The standard InChI is InChI=1S/C14H10BrClFNO/c1-8-4-10(17)7-11(5-8)18-14(19)12-6-9(15)2-3-13(12)16/h2-7H,1H3,(H,18,19). The van der Waals surface area contributed by atoms with E-state index in [1.807, 2.05) is 0 Å². The van der Waals surface area contributed by atoms with Crippen molar-refractivity contribution in [3.05, 3.63) is 62.8 Å². The van der Waals surface area contributed by atoms with Crippen molar-refractivity contribution in [3.63, 3.8) is 0 Å². The van der Waals surface area contributed by atoms with E-state index in [0.29, 0.717) is 16.3 Å². The summed E-state index contributed by atoms with van der Waals surface area (Å²) in [7, 11) is 0. The summed E-state index contributed by atoms with van der Waals surface area (Å²) in [6.07, 6.45) is 0. The number of halogens is 3. The highest BCUT2D eigenvalue weighted by atomic mass is 79.9. The lowest BCUT2D eigenvalue weighted by Gasteiger charge is -2.08. The van der Waals surface area contributed by atoms with Crippen molar-refractivity contribution >= 4 is 39.1 Å². The zero-order chi connectivity index (χ0) is 14.0. The van der Waals surface area contributed by atoms with Crippen LogP contribution in [0.1, 0.15) is 15.9 Å². The summed E-state index contributed by atoms with van der Waals surface area (Å²) in [5, 5.41) is 2.97. The number of carbonyl (C=O) groups excluding carboxylic acids is 1. The molecule has 0 spiro atoms. The molecule has 1 N–H and O–H groups in total. The molecule has 5 heteroatoms. The number of hydrogen-bond donors (Lipinski definition) is 1. The maximum Gasteiger partial charge on any atom is 0.257 e. The monoisotopic (exact) mass is 341 g/mol. The number of amides is 1. The van der Waals surface area contributed by atoms with Crippen molar-refractivity contribution in [2.24, 2.45) is 0 Å². The Hall–Kier alpha value is -1.39. The van der Waals surface area contributed by atoms with Gasteiger partial charge in [0, 0.05) is 10.2 Å². The first-order valence-electron chi connectivity index (χ1n) is 5.49. The fraction of sp³-hybridized carbons (Fsp3) is 0.0714. The van der Waals surface area contributed by atoms with Gasteiger partial charge in [0.05, 0.1) is 10.6 Å². The summed E-state index contributed by atoms with van der Waals surface area (Å²) in [5.74, 6) is -0.771. The minimum absolute atomic E-state index is 0.331. The molecule has 0 aliphatic rings. The van der Waals surface area contributed by atoms with E-state index < -0.39 is 5.82 Å². The third-order valence-corrected chi connectivity index (χ3v) is 3.30. The number of rotatable bonds is 2. The second-order valence-electron chi connectivity index (χ2n) is 4.10. The average molecular weight is 343 g/mol. The molecule has 0 radical (unpaired) electrons. The third kappa shape index (κ3) is 3.55. The van der Waals surface area contributed by atoms with Crippen LogP contribution in [0.5, 0.6) is 0 Å². The Labute approximate surface area is 123 Å². The fourth-order valence-corrected chi connectivity index (χ4v) is 2.24. The number of carbonyl (C=O) groups is 1. The zero-order valence-electron chi connectivity index (χ0n) is 10.0. The molecule has 19 heavy (non-hydrogen) atoms. The van der Waals surface area contributed by atoms with Crippen LogP contribution in [0.2, 0.25) is 5.02 Å². The molecule has 0 unspecified atom stereocenters. The zero-order valence-corrected chi connectivity index (χ0v) is 12.3. The van der Waals surface area contributed by atoms with Gasteiger partial charge in [-0.15, -0.1) is 0 Å². The first-order chi connectivity index (χ1) is 8.95. The van der Waals surface area contributed by atoms with Gasteiger partial charge in [0.1, 0.15) is 5.82 Å². The molecule has 0 atom stereocenters. The molecule has 1 amide bonds. The van der Waals surface area contributed by atoms with Crippen LogP contribution in [0.25, 0.3) is 0 Å². The van der Waals surface area contributed by atoms with E-state index >= 15 is 0 Å². The Morgan fingerprint density at radius 2 is 2.00 bits per heavy atom. The maximum atomic E-state index is 13.2. The number of anilines is 1. The van der Waals surface area contributed by atoms with Crippen molar-refractivity contribution in [1.29, 1.82) is 0 Å². The Balaban J connectivity index is 2.28.